The number of carboxylic acid groups (broad SMARTS) is 1. The fourth-order valence-corrected chi connectivity index (χ4v) is 15.9. The average Bonchev–Trinajstić information content (AvgIpc) is 1.59. The Morgan fingerprint density at radius 1 is 0.413 bits per heavy atom. The quantitative estimate of drug-likeness (QED) is 0.00713. The molecule has 34 nitrogen and oxygen atoms in total. The third-order valence-corrected chi connectivity index (χ3v) is 23.6. The number of aromatic nitrogens is 14. The molecule has 792 valence electrons. The number of hydrogen-bond donors (Lipinski definition) is 5. The number of alkyl halides is 2. The number of rotatable bonds is 24. The molecule has 0 bridgehead atoms. The first-order chi connectivity index (χ1) is 67.2. The van der Waals surface area contributed by atoms with Crippen LogP contribution in [0.4, 0.5) is 11.6 Å². The number of ether oxygens (including phenoxy) is 5. The Morgan fingerprint density at radius 2 is 0.760 bits per heavy atom. The summed E-state index contributed by atoms with van der Waals surface area (Å²) in [5, 5.41) is 21.3. The second kappa shape index (κ2) is 70.5. The van der Waals surface area contributed by atoms with Gasteiger partial charge in [0.2, 0.25) is 0 Å². The Balaban J connectivity index is 0. The van der Waals surface area contributed by atoms with Crippen molar-refractivity contribution in [3.8, 4) is 65.3 Å². The van der Waals surface area contributed by atoms with Crippen molar-refractivity contribution in [2.75, 3.05) is 36.2 Å². The molecule has 14 aromatic heterocycles. The molecule has 2 unspecified atom stereocenters. The minimum atomic E-state index is -1.28. The number of aryl methyl sites for hydroxylation is 8. The van der Waals surface area contributed by atoms with Crippen LogP contribution in [0.25, 0.3) is 64.1 Å². The first kappa shape index (κ1) is 139. The van der Waals surface area contributed by atoms with E-state index in [9.17, 15) is 43.2 Å². The molecule has 0 spiro atoms. The van der Waals surface area contributed by atoms with Crippen molar-refractivity contribution >= 4 is 183 Å². The van der Waals surface area contributed by atoms with Crippen molar-refractivity contribution in [2.24, 2.45) is 0 Å². The summed E-state index contributed by atoms with van der Waals surface area (Å²) in [5.41, 5.74) is 17.8. The van der Waals surface area contributed by atoms with Crippen molar-refractivity contribution in [2.45, 2.75) is 162 Å². The molecule has 14 heterocycles. The van der Waals surface area contributed by atoms with Gasteiger partial charge in [-0.15, -0.1) is 68.5 Å². The van der Waals surface area contributed by atoms with E-state index in [1.807, 2.05) is 75.4 Å². The molecule has 0 saturated heterocycles. The minimum absolute atomic E-state index is 0. The van der Waals surface area contributed by atoms with Crippen LogP contribution in [0, 0.1) is 55.4 Å². The number of ketones is 2. The number of nitrogens with two attached hydrogens (primary N) is 1. The van der Waals surface area contributed by atoms with E-state index in [-0.39, 0.29) is 169 Å². The number of esters is 3. The molecule has 7 N–H and O–H groups in total. The molecule has 43 heteroatoms. The van der Waals surface area contributed by atoms with Crippen LogP contribution in [0.15, 0.2) is 233 Å². The summed E-state index contributed by atoms with van der Waals surface area (Å²) >= 11 is 25.8. The van der Waals surface area contributed by atoms with E-state index in [1.54, 1.807) is 163 Å². The maximum absolute atomic E-state index is 12.8. The molecular weight excluding hydrogens is 2100 g/mol. The number of nitrogens with one attached hydrogen (secondary N) is 3. The standard InChI is InChI=1S/C26H21N5O2S.C16H15N3O.C12H14N2O4.C12H14N2O3S.C12H12N2O2S.C10H7ClN2OS.C10H8N2O2S.CH2Cl2.8CH4.K.H2O/c1-15-11-20-21(12-16(15)2)28-10-8-22(20)33-19-6-7-23(29-14-19)30-25(32)24-17(3)34-26(31-24)18-5-4-9-27-13-18;1-10-7-13-14(8-11(10)2)18-6-5-15(13)20-12-3-4-16(17)19-9-12;1-3-18-12(17)10(8(2)15)14-11(16)9-5-4-6-13-7-9;1-3-17-12(16)10(8(2)15)14-11(18)9-5-4-6-13-7-9;1-3-16-12(15)10-8(2)17-11(14-10)9-5-4-6-13-7-9;1-6-8(9(11)14)13-10(15-6)7-3-2-4-12-5-7;1-6-8(10(13)14)12-9(15-6)7-3-2-4-11-5-7;2-1-3;;;;;;;;;;/h4-14H,1-3H3,(H,29,30,32);3-9H,1-2H3,(H2,17,19);4-7,10H,3H2,1-2H3,(H,14,16);4-7,10H,3H2,1-2H3,(H,14,18);4-7H,3H2,1-2H3;2-5H,1H3;2-5H,1H3,(H,13,14);1H2;8*1H4;;1H2/q;;;;;;;;;;;;;;;;+1;/p-1. The zero-order valence-corrected chi connectivity index (χ0v) is 88.5. The van der Waals surface area contributed by atoms with Crippen LogP contribution in [0.1, 0.15) is 194 Å². The summed E-state index contributed by atoms with van der Waals surface area (Å²) < 4.78 is 26.4. The molecular formula is C107H126Cl3KN18O16S5. The fraction of sp³-hybridized carbons (Fsp3) is 0.252. The van der Waals surface area contributed by atoms with Crippen LogP contribution in [0.5, 0.6) is 23.0 Å². The number of nitrogen functional groups attached to an aromatic ring is 1. The Hall–Kier alpha value is -13.4. The van der Waals surface area contributed by atoms with Gasteiger partial charge in [0, 0.05) is 145 Å². The number of halogens is 3. The van der Waals surface area contributed by atoms with Crippen LogP contribution in [-0.2, 0) is 33.4 Å². The van der Waals surface area contributed by atoms with Crippen LogP contribution < -0.4 is 82.5 Å². The zero-order valence-electron chi connectivity index (χ0n) is 79.0. The summed E-state index contributed by atoms with van der Waals surface area (Å²) in [6.07, 6.45) is 26.3. The Labute approximate surface area is 954 Å². The van der Waals surface area contributed by atoms with E-state index in [4.69, 9.17) is 81.5 Å². The summed E-state index contributed by atoms with van der Waals surface area (Å²) in [5.74, 6) is -0.844. The van der Waals surface area contributed by atoms with Gasteiger partial charge in [0.05, 0.1) is 54.2 Å². The molecule has 2 amide bonds. The first-order valence-electron chi connectivity index (χ1n) is 42.3. The van der Waals surface area contributed by atoms with E-state index < -0.39 is 46.9 Å². The second-order valence-corrected chi connectivity index (χ2v) is 35.4. The summed E-state index contributed by atoms with van der Waals surface area (Å²) in [6, 6.07) is 38.1. The van der Waals surface area contributed by atoms with Gasteiger partial charge in [-0.1, -0.05) is 71.6 Å². The van der Waals surface area contributed by atoms with Crippen molar-refractivity contribution < 1.29 is 129 Å². The van der Waals surface area contributed by atoms with Gasteiger partial charge in [0.15, 0.2) is 35.0 Å². The third-order valence-electron chi connectivity index (χ3n) is 19.0. The second-order valence-electron chi connectivity index (χ2n) is 29.1. The number of thiazole rings is 4. The number of hydrogen-bond acceptors (Lipinski definition) is 35. The first-order valence-corrected chi connectivity index (χ1v) is 47.4. The predicted molar refractivity (Wildman–Crippen MR) is 602 cm³/mol. The van der Waals surface area contributed by atoms with Gasteiger partial charge in [-0.05, 0) is 257 Å². The van der Waals surface area contributed by atoms with Crippen molar-refractivity contribution in [3.05, 3.63) is 308 Å². The van der Waals surface area contributed by atoms with Crippen molar-refractivity contribution in [3.63, 3.8) is 0 Å². The molecule has 0 aliphatic heterocycles. The average molecular weight is 2230 g/mol. The number of benzene rings is 2. The molecule has 16 aromatic rings. The maximum atomic E-state index is 12.8. The Bertz CT molecular complexity index is 6770. The van der Waals surface area contributed by atoms with Crippen LogP contribution >= 0.6 is 92.4 Å². The number of Topliss-reactive ketones (excluding diaryl/α,β-unsaturated/α-hetero) is 2. The van der Waals surface area contributed by atoms with E-state index in [0.717, 1.165) is 79.5 Å². The molecule has 150 heavy (non-hydrogen) atoms. The Kier molecular flexibility index (Phi) is 65.2. The van der Waals surface area contributed by atoms with E-state index in [2.05, 4.69) is 138 Å². The molecule has 16 rings (SSSR count). The van der Waals surface area contributed by atoms with E-state index in [1.165, 1.54) is 99.9 Å². The number of carboxylic acids is 1. The van der Waals surface area contributed by atoms with Gasteiger partial charge in [-0.25, -0.2) is 49.1 Å². The summed E-state index contributed by atoms with van der Waals surface area (Å²) in [6.45, 7) is 23.9. The number of carbonyl (C=O) groups is 9. The SMILES string of the molecule is C.C.C.C.C.C.C.C.CCOC(=O)C(NC(=O)c1cccnc1)C(C)=O.CCOC(=O)C(NC(=S)c1cccnc1)C(C)=O.CCOC(=O)c1nc(-c2cccnc2)sc1C.Cc1cc2nccc(Oc3ccc(N)nc3)c2cc1C.Cc1cc2nccc(Oc3ccc(NC(=O)c4nc(-c5cccnc5)sc4C)nc3)c2cc1C.Cc1sc(-c2cccnc2)nc1C(=O)Cl.Cc1sc(-c2cccnc2)nc1C(=O)O.ClCCl.[K+].[OH-]. The Morgan fingerprint density at radius 3 is 1.10 bits per heavy atom. The summed E-state index contributed by atoms with van der Waals surface area (Å²) in [4.78, 5) is 165. The third kappa shape index (κ3) is 41.8. The van der Waals surface area contributed by atoms with Gasteiger partial charge in [-0.3, -0.25) is 63.8 Å². The van der Waals surface area contributed by atoms with Gasteiger partial charge in [-0.2, -0.15) is 0 Å². The number of fused-ring (bicyclic) bond motifs is 2. The summed E-state index contributed by atoms with van der Waals surface area (Å²) in [7, 11) is 0. The molecule has 0 saturated carbocycles. The number of aromatic carboxylic acids is 1. The van der Waals surface area contributed by atoms with Gasteiger partial charge in [0.25, 0.3) is 17.1 Å². The molecule has 0 fully saturated rings. The number of anilines is 2. The number of amides is 2. The van der Waals surface area contributed by atoms with Crippen LogP contribution in [0.2, 0.25) is 0 Å². The van der Waals surface area contributed by atoms with Gasteiger partial charge >= 0.3 is 75.3 Å². The normalized spacial score (nSPS) is 9.97. The maximum Gasteiger partial charge on any atom is 1.00 e. The molecule has 0 aliphatic carbocycles. The molecule has 2 aromatic carbocycles. The van der Waals surface area contributed by atoms with Crippen molar-refractivity contribution in [1.82, 2.24) is 80.4 Å². The van der Waals surface area contributed by atoms with E-state index >= 15 is 0 Å². The van der Waals surface area contributed by atoms with Crippen LogP contribution in [-0.4, -0.2) is 175 Å². The van der Waals surface area contributed by atoms with E-state index in [0.29, 0.717) is 68.0 Å². The topological polar surface area (TPSA) is 493 Å². The molecule has 2 atom stereocenters. The van der Waals surface area contributed by atoms with Crippen molar-refractivity contribution in [1.29, 1.82) is 0 Å². The monoisotopic (exact) mass is 2220 g/mol. The minimum Gasteiger partial charge on any atom is -0.870 e. The number of thiocarbonyl (C=S) groups is 1. The number of pyridine rings is 10. The molecule has 0 radical (unpaired) electrons. The largest absolute Gasteiger partial charge is 1.00 e. The zero-order chi connectivity index (χ0) is 101. The van der Waals surface area contributed by atoms with Gasteiger partial charge in [0.1, 0.15) is 71.0 Å². The predicted octanol–water partition coefficient (Wildman–Crippen LogP) is 22.1. The number of carbonyl (C=O) groups excluding carboxylic acids is 8. The molecule has 0 aliphatic rings. The van der Waals surface area contributed by atoms with Gasteiger partial charge < -0.3 is 56.0 Å². The smallest absolute Gasteiger partial charge is 0.870 e. The van der Waals surface area contributed by atoms with Crippen LogP contribution in [0.3, 0.4) is 0 Å². The number of nitrogens with zero attached hydrogens (tertiary/aromatic N) is 14. The fourth-order valence-electron chi connectivity index (χ4n) is 11.9.